The first-order chi connectivity index (χ1) is 16.6. The number of aryl methyl sites for hydroxylation is 1. The first-order valence-corrected chi connectivity index (χ1v) is 12.3. The topological polar surface area (TPSA) is 75.9 Å². The number of benzene rings is 2. The number of aromatic nitrogens is 2. The van der Waals surface area contributed by atoms with E-state index in [1.54, 1.807) is 4.40 Å². The van der Waals surface area contributed by atoms with E-state index < -0.39 is 6.09 Å². The monoisotopic (exact) mass is 472 g/mol. The molecule has 0 bridgehead atoms. The maximum atomic E-state index is 13.7. The van der Waals surface area contributed by atoms with Gasteiger partial charge in [-0.1, -0.05) is 48.5 Å². The molecule has 3 atom stereocenters. The Morgan fingerprint density at radius 3 is 2.79 bits per heavy atom. The van der Waals surface area contributed by atoms with Crippen molar-refractivity contribution in [1.29, 1.82) is 0 Å². The number of fused-ring (bicyclic) bond motifs is 2. The summed E-state index contributed by atoms with van der Waals surface area (Å²) in [4.78, 5) is 33.4. The predicted molar refractivity (Wildman–Crippen MR) is 130 cm³/mol. The fourth-order valence-corrected chi connectivity index (χ4v) is 5.82. The average molecular weight is 473 g/mol. The third-order valence-corrected chi connectivity index (χ3v) is 7.59. The van der Waals surface area contributed by atoms with Crippen LogP contribution in [0.25, 0.3) is 16.1 Å². The molecule has 0 spiro atoms. The zero-order valence-electron chi connectivity index (χ0n) is 18.7. The lowest BCUT2D eigenvalue weighted by Gasteiger charge is -2.28. The number of nitrogens with one attached hydrogen (secondary N) is 1. The number of imidazole rings is 1. The Kier molecular flexibility index (Phi) is 5.10. The molecule has 172 valence electrons. The molecule has 4 aromatic rings. The van der Waals surface area contributed by atoms with Crippen LogP contribution in [0.3, 0.4) is 0 Å². The molecule has 2 aromatic carbocycles. The molecule has 1 N–H and O–H groups in total. The normalized spacial score (nSPS) is 20.9. The second-order valence-corrected chi connectivity index (χ2v) is 9.80. The van der Waals surface area contributed by atoms with Gasteiger partial charge in [0.15, 0.2) is 4.96 Å². The Balaban J connectivity index is 1.18. The van der Waals surface area contributed by atoms with Crippen molar-refractivity contribution < 1.29 is 14.3 Å². The number of hydrogen-bond acceptors (Lipinski definition) is 5. The van der Waals surface area contributed by atoms with Crippen molar-refractivity contribution in [3.8, 4) is 17.0 Å². The minimum absolute atomic E-state index is 0.0124. The number of amides is 2. The summed E-state index contributed by atoms with van der Waals surface area (Å²) < 4.78 is 7.34. The number of carbonyl (C=O) groups is 2. The number of likely N-dealkylation sites (tertiary alicyclic amines) is 1. The van der Waals surface area contributed by atoms with Crippen LogP contribution in [-0.4, -0.2) is 45.4 Å². The first-order valence-electron chi connectivity index (χ1n) is 11.4. The molecule has 34 heavy (non-hydrogen) atoms. The number of piperidine rings is 1. The molecule has 1 saturated heterocycles. The van der Waals surface area contributed by atoms with Crippen LogP contribution in [0.2, 0.25) is 0 Å². The minimum Gasteiger partial charge on any atom is -0.391 e. The zero-order valence-corrected chi connectivity index (χ0v) is 19.5. The van der Waals surface area contributed by atoms with Crippen molar-refractivity contribution in [2.24, 2.45) is 11.8 Å². The number of thiazole rings is 1. The molecule has 2 aliphatic rings. The van der Waals surface area contributed by atoms with Crippen molar-refractivity contribution in [2.75, 3.05) is 13.1 Å². The number of rotatable bonds is 5. The molecular weight excluding hydrogens is 448 g/mol. The highest BCUT2D eigenvalue weighted by atomic mass is 32.1. The van der Waals surface area contributed by atoms with Gasteiger partial charge >= 0.3 is 6.09 Å². The Morgan fingerprint density at radius 1 is 1.15 bits per heavy atom. The molecule has 0 radical (unpaired) electrons. The maximum Gasteiger partial charge on any atom is 0.414 e. The third-order valence-electron chi connectivity index (χ3n) is 6.83. The van der Waals surface area contributed by atoms with Crippen LogP contribution in [0.1, 0.15) is 22.5 Å². The van der Waals surface area contributed by atoms with E-state index in [0.717, 1.165) is 29.1 Å². The third kappa shape index (κ3) is 3.64. The van der Waals surface area contributed by atoms with Gasteiger partial charge in [0.25, 0.3) is 5.91 Å². The summed E-state index contributed by atoms with van der Waals surface area (Å²) in [7, 11) is 0. The number of carbonyl (C=O) groups excluding carboxylic acids is 2. The van der Waals surface area contributed by atoms with Crippen LogP contribution in [0, 0.1) is 18.8 Å². The number of ether oxygens (including phenoxy) is 1. The van der Waals surface area contributed by atoms with Gasteiger partial charge in [-0.25, -0.2) is 9.78 Å². The summed E-state index contributed by atoms with van der Waals surface area (Å²) in [6.45, 7) is 2.91. The van der Waals surface area contributed by atoms with Crippen LogP contribution in [0.4, 0.5) is 4.79 Å². The summed E-state index contributed by atoms with van der Waals surface area (Å²) >= 11 is 1.49. The van der Waals surface area contributed by atoms with Crippen LogP contribution in [-0.2, 0) is 0 Å². The van der Waals surface area contributed by atoms with Crippen molar-refractivity contribution in [3.05, 3.63) is 77.4 Å². The Hall–Kier alpha value is -3.65. The van der Waals surface area contributed by atoms with E-state index in [9.17, 15) is 9.59 Å². The molecule has 0 unspecified atom stereocenters. The molecule has 8 heteroatoms. The van der Waals surface area contributed by atoms with E-state index >= 15 is 0 Å². The summed E-state index contributed by atoms with van der Waals surface area (Å²) in [5, 5.41) is 4.79. The molecule has 2 fully saturated rings. The van der Waals surface area contributed by atoms with Crippen molar-refractivity contribution >= 4 is 28.3 Å². The highest BCUT2D eigenvalue weighted by molar-refractivity contribution is 7.15. The van der Waals surface area contributed by atoms with Crippen molar-refractivity contribution in [2.45, 2.75) is 19.4 Å². The van der Waals surface area contributed by atoms with Crippen LogP contribution < -0.4 is 10.1 Å². The van der Waals surface area contributed by atoms with Gasteiger partial charge in [-0.3, -0.25) is 9.20 Å². The zero-order chi connectivity index (χ0) is 23.2. The quantitative estimate of drug-likeness (QED) is 0.460. The molecule has 1 aliphatic heterocycles. The molecule has 1 saturated carbocycles. The van der Waals surface area contributed by atoms with Gasteiger partial charge in [-0.05, 0) is 42.4 Å². The van der Waals surface area contributed by atoms with E-state index in [0.29, 0.717) is 35.5 Å². The average Bonchev–Trinajstić information content (AvgIpc) is 3.17. The SMILES string of the molecule is Cc1nc2sccn2c1OC(=O)NC[C@@H]1[C@H]2C[C@H]2CN1C(=O)c1ccccc1-c1ccccc1. The molecule has 1 aliphatic carbocycles. The molecule has 2 amide bonds. The van der Waals surface area contributed by atoms with Gasteiger partial charge in [0.2, 0.25) is 5.88 Å². The van der Waals surface area contributed by atoms with E-state index in [-0.39, 0.29) is 11.9 Å². The van der Waals surface area contributed by atoms with E-state index in [2.05, 4.69) is 10.3 Å². The fraction of sp³-hybridized carbons (Fsp3) is 0.269. The van der Waals surface area contributed by atoms with Gasteiger partial charge in [0.05, 0.1) is 6.04 Å². The van der Waals surface area contributed by atoms with Crippen LogP contribution in [0.15, 0.2) is 66.2 Å². The first kappa shape index (κ1) is 20.9. The summed E-state index contributed by atoms with van der Waals surface area (Å²) in [6, 6.07) is 17.7. The summed E-state index contributed by atoms with van der Waals surface area (Å²) in [6.07, 6.45) is 2.40. The minimum atomic E-state index is -0.530. The summed E-state index contributed by atoms with van der Waals surface area (Å²) in [5.41, 5.74) is 3.30. The number of hydrogen-bond donors (Lipinski definition) is 1. The van der Waals surface area contributed by atoms with Crippen LogP contribution in [0.5, 0.6) is 5.88 Å². The highest BCUT2D eigenvalue weighted by Gasteiger charge is 2.54. The molecule has 2 aromatic heterocycles. The second-order valence-electron chi connectivity index (χ2n) is 8.92. The van der Waals surface area contributed by atoms with Gasteiger partial charge in [-0.15, -0.1) is 11.3 Å². The predicted octanol–water partition coefficient (Wildman–Crippen LogP) is 4.62. The lowest BCUT2D eigenvalue weighted by atomic mass is 9.98. The molecule has 6 rings (SSSR count). The van der Waals surface area contributed by atoms with Gasteiger partial charge < -0.3 is 15.0 Å². The largest absolute Gasteiger partial charge is 0.414 e. The molecule has 7 nitrogen and oxygen atoms in total. The lowest BCUT2D eigenvalue weighted by molar-refractivity contribution is 0.0705. The van der Waals surface area contributed by atoms with Gasteiger partial charge in [0.1, 0.15) is 5.69 Å². The Morgan fingerprint density at radius 2 is 1.94 bits per heavy atom. The highest BCUT2D eigenvalue weighted by Crippen LogP contribution is 2.50. The second kappa shape index (κ2) is 8.29. The van der Waals surface area contributed by atoms with Crippen molar-refractivity contribution in [1.82, 2.24) is 19.6 Å². The smallest absolute Gasteiger partial charge is 0.391 e. The lowest BCUT2D eigenvalue weighted by Crippen LogP contribution is -2.46. The molecule has 3 heterocycles. The standard InChI is InChI=1S/C26H24N4O3S/c1-16-24(29-11-12-34-25(29)28-16)33-26(32)27-14-22-21-13-18(21)15-30(22)23(31)20-10-6-5-9-19(20)17-7-3-2-4-8-17/h2-12,18,21-22H,13-15H2,1H3,(H,27,32)/t18-,21-,22+/m0/s1. The maximum absolute atomic E-state index is 13.7. The summed E-state index contributed by atoms with van der Waals surface area (Å²) in [5.74, 6) is 1.37. The Bertz CT molecular complexity index is 1380. The Labute approximate surface area is 201 Å². The fourth-order valence-electron chi connectivity index (χ4n) is 5.07. The van der Waals surface area contributed by atoms with Crippen LogP contribution >= 0.6 is 11.3 Å². The number of nitrogens with zero attached hydrogens (tertiary/aromatic N) is 3. The molecular formula is C26H24N4O3S. The van der Waals surface area contributed by atoms with E-state index in [4.69, 9.17) is 4.74 Å². The van der Waals surface area contributed by atoms with E-state index in [1.807, 2.05) is 78.0 Å². The van der Waals surface area contributed by atoms with Gasteiger partial charge in [-0.2, -0.15) is 0 Å². The van der Waals surface area contributed by atoms with E-state index in [1.165, 1.54) is 11.3 Å². The van der Waals surface area contributed by atoms with Crippen molar-refractivity contribution in [3.63, 3.8) is 0 Å². The van der Waals surface area contributed by atoms with Gasteiger partial charge in [0, 0.05) is 30.2 Å².